The molecule has 1 fully saturated rings. The van der Waals surface area contributed by atoms with E-state index in [4.69, 9.17) is 5.73 Å². The van der Waals surface area contributed by atoms with Crippen LogP contribution in [0, 0.1) is 12.8 Å². The minimum atomic E-state index is -3.24. The summed E-state index contributed by atoms with van der Waals surface area (Å²) >= 11 is 0. The van der Waals surface area contributed by atoms with Crippen LogP contribution in [0.25, 0.3) is 0 Å². The largest absolute Gasteiger partial charge is 0.328 e. The molecule has 2 unspecified atom stereocenters. The van der Waals surface area contributed by atoms with Gasteiger partial charge in [-0.15, -0.1) is 12.4 Å². The quantitative estimate of drug-likeness (QED) is 0.920. The van der Waals surface area contributed by atoms with Crippen molar-refractivity contribution in [3.05, 3.63) is 35.4 Å². The van der Waals surface area contributed by atoms with E-state index < -0.39 is 10.0 Å². The van der Waals surface area contributed by atoms with Gasteiger partial charge in [-0.3, -0.25) is 0 Å². The Kier molecular flexibility index (Phi) is 6.66. The second kappa shape index (κ2) is 7.58. The predicted octanol–water partition coefficient (Wildman–Crippen LogP) is 2.31. The maximum Gasteiger partial charge on any atom is 0.218 e. The molecule has 21 heavy (non-hydrogen) atoms. The zero-order chi connectivity index (χ0) is 14.8. The minimum Gasteiger partial charge on any atom is -0.328 e. The van der Waals surface area contributed by atoms with E-state index in [-0.39, 0.29) is 30.1 Å². The van der Waals surface area contributed by atoms with Gasteiger partial charge >= 0.3 is 0 Å². The van der Waals surface area contributed by atoms with Gasteiger partial charge in [0.1, 0.15) is 0 Å². The Bertz CT molecular complexity index is 561. The predicted molar refractivity (Wildman–Crippen MR) is 89.0 cm³/mol. The van der Waals surface area contributed by atoms with Crippen LogP contribution in [0.1, 0.15) is 30.9 Å². The number of aryl methyl sites for hydroxylation is 1. The van der Waals surface area contributed by atoms with Gasteiger partial charge in [0.25, 0.3) is 0 Å². The highest BCUT2D eigenvalue weighted by Gasteiger charge is 2.30. The first kappa shape index (κ1) is 18.4. The molecule has 0 radical (unpaired) electrons. The van der Waals surface area contributed by atoms with Crippen LogP contribution < -0.4 is 5.73 Å². The highest BCUT2D eigenvalue weighted by Crippen LogP contribution is 2.23. The normalized spacial score (nSPS) is 21.6. The smallest absolute Gasteiger partial charge is 0.218 e. The number of benzene rings is 1. The molecular formula is C15H25ClN2O2S. The van der Waals surface area contributed by atoms with E-state index in [1.54, 1.807) is 4.31 Å². The van der Waals surface area contributed by atoms with E-state index in [0.717, 1.165) is 24.0 Å². The van der Waals surface area contributed by atoms with Crippen LogP contribution in [0.3, 0.4) is 0 Å². The van der Waals surface area contributed by atoms with Crippen molar-refractivity contribution in [2.75, 3.05) is 13.1 Å². The van der Waals surface area contributed by atoms with Crippen LogP contribution in [-0.2, 0) is 15.8 Å². The van der Waals surface area contributed by atoms with Crippen LogP contribution in [0.15, 0.2) is 24.3 Å². The van der Waals surface area contributed by atoms with Crippen LogP contribution >= 0.6 is 12.4 Å². The number of halogens is 1. The van der Waals surface area contributed by atoms with Gasteiger partial charge in [-0.2, -0.15) is 0 Å². The first-order chi connectivity index (χ1) is 9.38. The van der Waals surface area contributed by atoms with E-state index in [1.807, 2.05) is 38.1 Å². The molecule has 4 nitrogen and oxygen atoms in total. The van der Waals surface area contributed by atoms with Gasteiger partial charge < -0.3 is 5.73 Å². The average molecular weight is 333 g/mol. The molecule has 0 bridgehead atoms. The summed E-state index contributed by atoms with van der Waals surface area (Å²) in [6, 6.07) is 7.73. The second-order valence-corrected chi connectivity index (χ2v) is 7.83. The molecule has 1 heterocycles. The lowest BCUT2D eigenvalue weighted by Crippen LogP contribution is -2.45. The summed E-state index contributed by atoms with van der Waals surface area (Å²) in [5, 5.41) is 0. The highest BCUT2D eigenvalue weighted by molar-refractivity contribution is 7.88. The lowest BCUT2D eigenvalue weighted by molar-refractivity contribution is 0.243. The van der Waals surface area contributed by atoms with Gasteiger partial charge in [0.15, 0.2) is 0 Å². The summed E-state index contributed by atoms with van der Waals surface area (Å²) < 4.78 is 26.7. The molecular weight excluding hydrogens is 308 g/mol. The molecule has 0 aromatic heterocycles. The molecule has 0 aliphatic carbocycles. The Morgan fingerprint density at radius 2 is 2.14 bits per heavy atom. The van der Waals surface area contributed by atoms with Gasteiger partial charge in [0.05, 0.1) is 5.75 Å². The molecule has 0 amide bonds. The standard InChI is InChI=1S/C15H24N2O2S.ClH/c1-12-5-3-6-14(9-12)11-20(18,19)17-8-4-7-15(10-17)13(2)16;/h3,5-6,9,13,15H,4,7-8,10-11,16H2,1-2H3;1H. The van der Waals surface area contributed by atoms with Crippen molar-refractivity contribution in [1.29, 1.82) is 0 Å². The molecule has 2 rings (SSSR count). The van der Waals surface area contributed by atoms with Crippen molar-refractivity contribution in [2.24, 2.45) is 11.7 Å². The van der Waals surface area contributed by atoms with E-state index >= 15 is 0 Å². The molecule has 2 atom stereocenters. The third-order valence-corrected chi connectivity index (χ3v) is 5.81. The van der Waals surface area contributed by atoms with Gasteiger partial charge in [-0.25, -0.2) is 12.7 Å². The number of sulfonamides is 1. The van der Waals surface area contributed by atoms with Crippen molar-refractivity contribution >= 4 is 22.4 Å². The van der Waals surface area contributed by atoms with Crippen molar-refractivity contribution in [3.63, 3.8) is 0 Å². The Hall–Kier alpha value is -0.620. The lowest BCUT2D eigenvalue weighted by atomic mass is 9.93. The molecule has 2 N–H and O–H groups in total. The Morgan fingerprint density at radius 3 is 2.76 bits per heavy atom. The summed E-state index contributed by atoms with van der Waals surface area (Å²) in [6.45, 7) is 5.12. The van der Waals surface area contributed by atoms with E-state index in [2.05, 4.69) is 0 Å². The summed E-state index contributed by atoms with van der Waals surface area (Å²) in [6.07, 6.45) is 1.92. The molecule has 6 heteroatoms. The average Bonchev–Trinajstić information content (AvgIpc) is 2.38. The summed E-state index contributed by atoms with van der Waals surface area (Å²) in [4.78, 5) is 0. The fourth-order valence-corrected chi connectivity index (χ4v) is 4.37. The van der Waals surface area contributed by atoms with Crippen LogP contribution in [0.2, 0.25) is 0 Å². The second-order valence-electron chi connectivity index (χ2n) is 5.86. The van der Waals surface area contributed by atoms with Gasteiger partial charge in [-0.05, 0) is 38.2 Å². The first-order valence-electron chi connectivity index (χ1n) is 7.17. The molecule has 1 aliphatic heterocycles. The van der Waals surface area contributed by atoms with Crippen molar-refractivity contribution < 1.29 is 8.42 Å². The third kappa shape index (κ3) is 4.95. The number of nitrogens with two attached hydrogens (primary N) is 1. The number of piperidine rings is 1. The molecule has 120 valence electrons. The number of hydrogen-bond donors (Lipinski definition) is 1. The zero-order valence-electron chi connectivity index (χ0n) is 12.7. The topological polar surface area (TPSA) is 63.4 Å². The Labute approximate surface area is 134 Å². The maximum atomic E-state index is 12.5. The molecule has 1 aliphatic rings. The molecule has 1 saturated heterocycles. The molecule has 1 aromatic rings. The van der Waals surface area contributed by atoms with E-state index in [1.165, 1.54) is 0 Å². The molecule has 1 aromatic carbocycles. The van der Waals surface area contributed by atoms with Crippen molar-refractivity contribution in [3.8, 4) is 0 Å². The van der Waals surface area contributed by atoms with Gasteiger partial charge in [0, 0.05) is 19.1 Å². The van der Waals surface area contributed by atoms with E-state index in [0.29, 0.717) is 13.1 Å². The lowest BCUT2D eigenvalue weighted by Gasteiger charge is -2.33. The molecule has 0 saturated carbocycles. The first-order valence-corrected chi connectivity index (χ1v) is 8.78. The fraction of sp³-hybridized carbons (Fsp3) is 0.600. The molecule has 0 spiro atoms. The Morgan fingerprint density at radius 1 is 1.43 bits per heavy atom. The van der Waals surface area contributed by atoms with Crippen molar-refractivity contribution in [1.82, 2.24) is 4.31 Å². The number of rotatable bonds is 4. The SMILES string of the molecule is Cc1cccc(CS(=O)(=O)N2CCCC(C(C)N)C2)c1.Cl. The summed E-state index contributed by atoms with van der Waals surface area (Å²) in [5.41, 5.74) is 7.87. The zero-order valence-corrected chi connectivity index (χ0v) is 14.3. The van der Waals surface area contributed by atoms with E-state index in [9.17, 15) is 8.42 Å². The van der Waals surface area contributed by atoms with Crippen molar-refractivity contribution in [2.45, 2.75) is 38.5 Å². The van der Waals surface area contributed by atoms with Gasteiger partial charge in [-0.1, -0.05) is 29.8 Å². The Balaban J connectivity index is 0.00000220. The fourth-order valence-electron chi connectivity index (χ4n) is 2.76. The van der Waals surface area contributed by atoms with Crippen LogP contribution in [0.5, 0.6) is 0 Å². The summed E-state index contributed by atoms with van der Waals surface area (Å²) in [5.74, 6) is 0.358. The van der Waals surface area contributed by atoms with Crippen LogP contribution in [-0.4, -0.2) is 31.9 Å². The minimum absolute atomic E-state index is 0. The maximum absolute atomic E-state index is 12.5. The number of nitrogens with zero attached hydrogens (tertiary/aromatic N) is 1. The highest BCUT2D eigenvalue weighted by atomic mass is 35.5. The number of hydrogen-bond acceptors (Lipinski definition) is 3. The van der Waals surface area contributed by atoms with Crippen LogP contribution in [0.4, 0.5) is 0 Å². The summed E-state index contributed by atoms with van der Waals surface area (Å²) in [7, 11) is -3.24. The third-order valence-electron chi connectivity index (χ3n) is 3.99. The monoisotopic (exact) mass is 332 g/mol. The van der Waals surface area contributed by atoms with Gasteiger partial charge in [0.2, 0.25) is 10.0 Å².